The number of hydrogen-bond acceptors (Lipinski definition) is 9. The molecule has 3 aliphatic rings. The molecule has 8 amide bonds. The van der Waals surface area contributed by atoms with Gasteiger partial charge in [-0.25, -0.2) is 9.80 Å². The van der Waals surface area contributed by atoms with Crippen molar-refractivity contribution in [3.8, 4) is 0 Å². The van der Waals surface area contributed by atoms with Crippen LogP contribution >= 0.6 is 0 Å². The summed E-state index contributed by atoms with van der Waals surface area (Å²) in [5.41, 5.74) is 5.58. The maximum absolute atomic E-state index is 13.1. The van der Waals surface area contributed by atoms with Crippen molar-refractivity contribution in [2.75, 3.05) is 17.2 Å². The zero-order valence-corrected chi connectivity index (χ0v) is 31.4. The van der Waals surface area contributed by atoms with E-state index in [2.05, 4.69) is 26.3 Å². The summed E-state index contributed by atoms with van der Waals surface area (Å²) in [5, 5.41) is 17.0. The fourth-order valence-electron chi connectivity index (χ4n) is 6.47. The van der Waals surface area contributed by atoms with Gasteiger partial charge < -0.3 is 26.2 Å². The molecule has 1 aromatic heterocycles. The van der Waals surface area contributed by atoms with Gasteiger partial charge in [-0.05, 0) is 65.4 Å². The molecule has 4 heterocycles. The number of nitrogens with one attached hydrogen (secondary N) is 4. The van der Waals surface area contributed by atoms with Crippen LogP contribution in [0.2, 0.25) is 0 Å². The normalized spacial score (nSPS) is 17.4. The van der Waals surface area contributed by atoms with Crippen LogP contribution in [0.5, 0.6) is 0 Å². The molecular formula is C40H43N9O7. The molecular weight excluding hydrogens is 718 g/mol. The maximum Gasteiger partial charge on any atom is 0.322 e. The van der Waals surface area contributed by atoms with Crippen LogP contribution in [0.4, 0.5) is 16.2 Å². The fraction of sp³-hybridized carbons (Fsp3) is 0.325. The Morgan fingerprint density at radius 1 is 0.804 bits per heavy atom. The number of rotatable bonds is 12. The second-order valence-corrected chi connectivity index (χ2v) is 14.4. The lowest BCUT2D eigenvalue weighted by Gasteiger charge is -2.28. The minimum Gasteiger partial charge on any atom is -0.343 e. The molecule has 2 aromatic carbocycles. The summed E-state index contributed by atoms with van der Waals surface area (Å²) in [6.45, 7) is 7.57. The molecule has 6 rings (SSSR count). The largest absolute Gasteiger partial charge is 0.343 e. The first kappa shape index (κ1) is 39.0. The monoisotopic (exact) mass is 761 g/mol. The van der Waals surface area contributed by atoms with Crippen molar-refractivity contribution in [2.24, 2.45) is 16.9 Å². The van der Waals surface area contributed by atoms with E-state index >= 15 is 0 Å². The highest BCUT2D eigenvalue weighted by molar-refractivity contribution is 6.14. The molecule has 0 saturated carbocycles. The third-order valence-corrected chi connectivity index (χ3v) is 9.68. The van der Waals surface area contributed by atoms with Gasteiger partial charge in [-0.2, -0.15) is 5.10 Å². The Kier molecular flexibility index (Phi) is 11.7. The van der Waals surface area contributed by atoms with Crippen molar-refractivity contribution in [3.63, 3.8) is 0 Å². The average Bonchev–Trinajstić information content (AvgIpc) is 3.75. The Morgan fingerprint density at radius 2 is 1.45 bits per heavy atom. The maximum atomic E-state index is 13.1. The molecule has 3 aliphatic heterocycles. The van der Waals surface area contributed by atoms with Gasteiger partial charge in [-0.15, -0.1) is 0 Å². The molecule has 0 bridgehead atoms. The molecule has 1 unspecified atom stereocenters. The number of carbonyl (C=O) groups is 7. The van der Waals surface area contributed by atoms with Gasteiger partial charge >= 0.3 is 6.03 Å². The Morgan fingerprint density at radius 3 is 2.11 bits per heavy atom. The standard InChI is InChI=1S/C40H43N9O7/c1-23(2)36(45-32(50)22-48-33(51)13-14-34(48)52)39(55)42-25(4)38(54)43-30-9-5-26(6-10-30)19-49-35(53)17-24(3)37(46-49)27-7-11-31(12-8-27)44-40(56)47-20-28-15-16-41-18-29(28)21-47/h5-16,18,23-25,36H,17,19-22H2,1-4H3,(H,42,55)(H,43,54)(H,44,56)(H,45,50)/t24?,25-,36-/m0/s1. The highest BCUT2D eigenvalue weighted by Crippen LogP contribution is 2.25. The summed E-state index contributed by atoms with van der Waals surface area (Å²) < 4.78 is 0. The predicted octanol–water partition coefficient (Wildman–Crippen LogP) is 2.91. The van der Waals surface area contributed by atoms with Gasteiger partial charge in [0.1, 0.15) is 18.6 Å². The quantitative estimate of drug-likeness (QED) is 0.202. The number of pyridine rings is 1. The summed E-state index contributed by atoms with van der Waals surface area (Å²) in [6, 6.07) is 14.0. The van der Waals surface area contributed by atoms with Crippen LogP contribution in [0.3, 0.4) is 0 Å². The number of nitrogens with zero attached hydrogens (tertiary/aromatic N) is 5. The number of hydrogen-bond donors (Lipinski definition) is 4. The second kappa shape index (κ2) is 16.8. The number of anilines is 2. The first-order valence-electron chi connectivity index (χ1n) is 18.3. The van der Waals surface area contributed by atoms with Crippen LogP contribution in [0.1, 0.15) is 56.4 Å². The summed E-state index contributed by atoms with van der Waals surface area (Å²) in [5.74, 6) is -3.63. The zero-order chi connectivity index (χ0) is 40.1. The molecule has 56 heavy (non-hydrogen) atoms. The topological polar surface area (TPSA) is 203 Å². The SMILES string of the molecule is CC1CC(=O)N(Cc2ccc(NC(=O)[C@H](C)NC(=O)[C@@H](NC(=O)CN3C(=O)C=CC3=O)C(C)C)cc2)N=C1c1ccc(NC(=O)N2Cc3ccncc3C2)cc1. The number of fused-ring (bicyclic) bond motifs is 1. The number of carbonyl (C=O) groups excluding carboxylic acids is 7. The van der Waals surface area contributed by atoms with E-state index in [0.717, 1.165) is 45.0 Å². The lowest BCUT2D eigenvalue weighted by molar-refractivity contribution is -0.141. The van der Waals surface area contributed by atoms with Crippen molar-refractivity contribution in [1.82, 2.24) is 30.4 Å². The third kappa shape index (κ3) is 9.14. The molecule has 0 aliphatic carbocycles. The van der Waals surface area contributed by atoms with Gasteiger partial charge in [0.2, 0.25) is 23.6 Å². The Hall–Kier alpha value is -6.71. The number of imide groups is 1. The van der Waals surface area contributed by atoms with Crippen LogP contribution < -0.4 is 21.3 Å². The Labute approximate surface area is 323 Å². The minimum atomic E-state index is -1.02. The van der Waals surface area contributed by atoms with Crippen LogP contribution in [0, 0.1) is 11.8 Å². The van der Waals surface area contributed by atoms with E-state index in [0.29, 0.717) is 24.5 Å². The van der Waals surface area contributed by atoms with Gasteiger partial charge in [0, 0.05) is 61.3 Å². The van der Waals surface area contributed by atoms with Crippen LogP contribution in [0.25, 0.3) is 0 Å². The smallest absolute Gasteiger partial charge is 0.322 e. The first-order valence-corrected chi connectivity index (χ1v) is 18.3. The molecule has 0 spiro atoms. The van der Waals surface area contributed by atoms with Gasteiger partial charge in [0.15, 0.2) is 0 Å². The molecule has 290 valence electrons. The van der Waals surface area contributed by atoms with E-state index in [1.165, 1.54) is 11.9 Å². The first-order chi connectivity index (χ1) is 26.7. The Bertz CT molecular complexity index is 2070. The molecule has 0 saturated heterocycles. The molecule has 3 aromatic rings. The van der Waals surface area contributed by atoms with E-state index in [1.807, 2.05) is 37.3 Å². The van der Waals surface area contributed by atoms with Crippen molar-refractivity contribution in [3.05, 3.63) is 101 Å². The van der Waals surface area contributed by atoms with E-state index in [1.54, 1.807) is 55.4 Å². The van der Waals surface area contributed by atoms with Gasteiger partial charge in [0.25, 0.3) is 11.8 Å². The lowest BCUT2D eigenvalue weighted by atomic mass is 9.93. The molecule has 0 radical (unpaired) electrons. The predicted molar refractivity (Wildman–Crippen MR) is 205 cm³/mol. The molecule has 3 atom stereocenters. The van der Waals surface area contributed by atoms with Gasteiger partial charge in [0.05, 0.1) is 12.3 Å². The number of aromatic nitrogens is 1. The van der Waals surface area contributed by atoms with Gasteiger partial charge in [-0.1, -0.05) is 45.0 Å². The van der Waals surface area contributed by atoms with E-state index in [9.17, 15) is 33.6 Å². The highest BCUT2D eigenvalue weighted by Gasteiger charge is 2.31. The molecule has 4 N–H and O–H groups in total. The van der Waals surface area contributed by atoms with E-state index < -0.39 is 48.2 Å². The third-order valence-electron chi connectivity index (χ3n) is 9.68. The Balaban J connectivity index is 1.00. The van der Waals surface area contributed by atoms with Crippen LogP contribution in [-0.4, -0.2) is 85.6 Å². The van der Waals surface area contributed by atoms with Crippen molar-refractivity contribution in [1.29, 1.82) is 0 Å². The number of urea groups is 1. The number of amides is 8. The minimum absolute atomic E-state index is 0.119. The molecule has 0 fully saturated rings. The van der Waals surface area contributed by atoms with Gasteiger partial charge in [-0.3, -0.25) is 38.7 Å². The fourth-order valence-corrected chi connectivity index (χ4v) is 6.47. The van der Waals surface area contributed by atoms with Crippen molar-refractivity contribution >= 4 is 58.6 Å². The summed E-state index contributed by atoms with van der Waals surface area (Å²) in [6.07, 6.45) is 5.91. The number of hydrazone groups is 1. The van der Waals surface area contributed by atoms with Crippen LogP contribution in [-0.2, 0) is 48.4 Å². The lowest BCUT2D eigenvalue weighted by Crippen LogP contribution is -2.55. The van der Waals surface area contributed by atoms with Crippen molar-refractivity contribution in [2.45, 2.75) is 65.8 Å². The highest BCUT2D eigenvalue weighted by atomic mass is 16.2. The van der Waals surface area contributed by atoms with E-state index in [-0.39, 0.29) is 36.7 Å². The number of benzene rings is 2. The summed E-state index contributed by atoms with van der Waals surface area (Å²) >= 11 is 0. The van der Waals surface area contributed by atoms with Crippen molar-refractivity contribution < 1.29 is 33.6 Å². The molecule has 16 heteroatoms. The second-order valence-electron chi connectivity index (χ2n) is 14.4. The average molecular weight is 762 g/mol. The summed E-state index contributed by atoms with van der Waals surface area (Å²) in [7, 11) is 0. The summed E-state index contributed by atoms with van der Waals surface area (Å²) in [4.78, 5) is 94.7. The zero-order valence-electron chi connectivity index (χ0n) is 31.4. The van der Waals surface area contributed by atoms with Crippen LogP contribution in [0.15, 0.2) is 84.2 Å². The molecule has 16 nitrogen and oxygen atoms in total. The van der Waals surface area contributed by atoms with E-state index in [4.69, 9.17) is 5.10 Å².